The molecule has 0 aromatic heterocycles. The lowest BCUT2D eigenvalue weighted by Crippen LogP contribution is -2.44. The van der Waals surface area contributed by atoms with E-state index in [1.165, 1.54) is 7.11 Å². The molecule has 5 heteroatoms. The fourth-order valence-corrected chi connectivity index (χ4v) is 3.46. The van der Waals surface area contributed by atoms with Gasteiger partial charge in [-0.15, -0.1) is 0 Å². The summed E-state index contributed by atoms with van der Waals surface area (Å²) in [6.45, 7) is 1.71. The number of nitrogens with one attached hydrogen (secondary N) is 1. The number of esters is 1. The summed E-state index contributed by atoms with van der Waals surface area (Å²) in [7, 11) is 1.28. The van der Waals surface area contributed by atoms with Crippen LogP contribution in [0.3, 0.4) is 0 Å². The first kappa shape index (κ1) is 17.7. The van der Waals surface area contributed by atoms with Gasteiger partial charge in [0.15, 0.2) is 0 Å². The van der Waals surface area contributed by atoms with E-state index in [0.29, 0.717) is 0 Å². The van der Waals surface area contributed by atoms with E-state index in [4.69, 9.17) is 10.00 Å². The molecule has 3 rings (SSSR count). The first-order valence-electron chi connectivity index (χ1n) is 8.52. The summed E-state index contributed by atoms with van der Waals surface area (Å²) in [6.07, 6.45) is 0.213. The maximum atomic E-state index is 13.1. The lowest BCUT2D eigenvalue weighted by Gasteiger charge is -2.21. The van der Waals surface area contributed by atoms with Gasteiger partial charge in [-0.05, 0) is 35.6 Å². The Kier molecular flexibility index (Phi) is 5.04. The Labute approximate surface area is 152 Å². The Bertz CT molecular complexity index is 839. The predicted molar refractivity (Wildman–Crippen MR) is 97.1 cm³/mol. The van der Waals surface area contributed by atoms with Gasteiger partial charge in [-0.1, -0.05) is 48.5 Å². The minimum absolute atomic E-state index is 0.213. The number of benzene rings is 2. The largest absolute Gasteiger partial charge is 0.467 e. The average Bonchev–Trinajstić information content (AvgIpc) is 3.01. The van der Waals surface area contributed by atoms with Crippen molar-refractivity contribution in [2.75, 3.05) is 7.11 Å². The van der Waals surface area contributed by atoms with Crippen LogP contribution < -0.4 is 5.32 Å². The van der Waals surface area contributed by atoms with Gasteiger partial charge in [0, 0.05) is 5.92 Å². The summed E-state index contributed by atoms with van der Waals surface area (Å²) in [5, 5.41) is 11.8. The quantitative estimate of drug-likeness (QED) is 0.843. The van der Waals surface area contributed by atoms with Gasteiger partial charge in [-0.25, -0.2) is 4.79 Å². The highest BCUT2D eigenvalue weighted by Crippen LogP contribution is 2.44. The molecule has 2 aromatic carbocycles. The highest BCUT2D eigenvalue weighted by Gasteiger charge is 2.35. The number of amides is 1. The molecule has 5 nitrogen and oxygen atoms in total. The standard InChI is InChI=1S/C21H20N2O3/c1-13(12-22)11-18(21(25)26-2)23-20(24)19-16-9-5-3-7-14(16)15-8-4-6-10-17(15)19/h3-10,13,18-19H,11H2,1-2H3,(H,23,24)/t13-,18-/m0/s1. The topological polar surface area (TPSA) is 79.2 Å². The summed E-state index contributed by atoms with van der Waals surface area (Å²) in [6, 6.07) is 16.8. The predicted octanol–water partition coefficient (Wildman–Crippen LogP) is 3.01. The van der Waals surface area contributed by atoms with E-state index < -0.39 is 17.9 Å². The van der Waals surface area contributed by atoms with E-state index in [1.807, 2.05) is 48.5 Å². The Morgan fingerprint density at radius 2 is 1.65 bits per heavy atom. The van der Waals surface area contributed by atoms with Crippen molar-refractivity contribution in [2.24, 2.45) is 5.92 Å². The second-order valence-corrected chi connectivity index (χ2v) is 6.46. The molecule has 2 aromatic rings. The van der Waals surface area contributed by atoms with Crippen molar-refractivity contribution in [2.45, 2.75) is 25.3 Å². The molecule has 0 saturated heterocycles. The van der Waals surface area contributed by atoms with Gasteiger partial charge >= 0.3 is 5.97 Å². The van der Waals surface area contributed by atoms with E-state index in [-0.39, 0.29) is 18.2 Å². The third-order valence-electron chi connectivity index (χ3n) is 4.71. The number of hydrogen-bond donors (Lipinski definition) is 1. The van der Waals surface area contributed by atoms with Crippen LogP contribution in [0.15, 0.2) is 48.5 Å². The molecule has 0 bridgehead atoms. The zero-order chi connectivity index (χ0) is 18.7. The van der Waals surface area contributed by atoms with Gasteiger partial charge in [0.2, 0.25) is 5.91 Å². The van der Waals surface area contributed by atoms with Crippen molar-refractivity contribution in [3.8, 4) is 17.2 Å². The fourth-order valence-electron chi connectivity index (χ4n) is 3.46. The van der Waals surface area contributed by atoms with Crippen LogP contribution >= 0.6 is 0 Å². The zero-order valence-electron chi connectivity index (χ0n) is 14.7. The van der Waals surface area contributed by atoms with Gasteiger partial charge in [0.05, 0.1) is 19.1 Å². The number of rotatable bonds is 5. The molecule has 0 spiro atoms. The highest BCUT2D eigenvalue weighted by atomic mass is 16.5. The molecule has 1 N–H and O–H groups in total. The lowest BCUT2D eigenvalue weighted by atomic mass is 9.95. The SMILES string of the molecule is COC(=O)[C@H](C[C@H](C)C#N)NC(=O)C1c2ccccc2-c2ccccc21. The molecule has 1 amide bonds. The molecular formula is C21H20N2O3. The smallest absolute Gasteiger partial charge is 0.328 e. The Morgan fingerprint density at radius 1 is 1.12 bits per heavy atom. The number of methoxy groups -OCH3 is 1. The molecule has 0 unspecified atom stereocenters. The maximum Gasteiger partial charge on any atom is 0.328 e. The van der Waals surface area contributed by atoms with Crippen LogP contribution in [0, 0.1) is 17.2 Å². The molecule has 0 heterocycles. The van der Waals surface area contributed by atoms with Crippen molar-refractivity contribution in [1.29, 1.82) is 5.26 Å². The van der Waals surface area contributed by atoms with Gasteiger partial charge in [-0.2, -0.15) is 5.26 Å². The number of carbonyl (C=O) groups excluding carboxylic acids is 2. The maximum absolute atomic E-state index is 13.1. The monoisotopic (exact) mass is 348 g/mol. The number of fused-ring (bicyclic) bond motifs is 3. The number of nitrogens with zero attached hydrogens (tertiary/aromatic N) is 1. The Hall–Kier alpha value is -3.13. The molecule has 1 aliphatic carbocycles. The number of carbonyl (C=O) groups is 2. The van der Waals surface area contributed by atoms with Crippen LogP contribution in [-0.2, 0) is 14.3 Å². The van der Waals surface area contributed by atoms with E-state index in [1.54, 1.807) is 6.92 Å². The number of ether oxygens (including phenoxy) is 1. The van der Waals surface area contributed by atoms with E-state index in [2.05, 4.69) is 11.4 Å². The van der Waals surface area contributed by atoms with Gasteiger partial charge in [0.25, 0.3) is 0 Å². The minimum atomic E-state index is -0.845. The van der Waals surface area contributed by atoms with Crippen molar-refractivity contribution in [3.05, 3.63) is 59.7 Å². The molecule has 0 aliphatic heterocycles. The van der Waals surface area contributed by atoms with E-state index in [9.17, 15) is 9.59 Å². The minimum Gasteiger partial charge on any atom is -0.467 e. The van der Waals surface area contributed by atoms with Gasteiger partial charge in [0.1, 0.15) is 6.04 Å². The highest BCUT2D eigenvalue weighted by molar-refractivity contribution is 5.97. The summed E-state index contributed by atoms with van der Waals surface area (Å²) in [4.78, 5) is 25.1. The second kappa shape index (κ2) is 7.40. The first-order chi connectivity index (χ1) is 12.6. The zero-order valence-corrected chi connectivity index (χ0v) is 14.7. The lowest BCUT2D eigenvalue weighted by molar-refractivity contribution is -0.145. The molecule has 2 atom stereocenters. The van der Waals surface area contributed by atoms with Crippen molar-refractivity contribution in [1.82, 2.24) is 5.32 Å². The van der Waals surface area contributed by atoms with Crippen molar-refractivity contribution < 1.29 is 14.3 Å². The molecule has 26 heavy (non-hydrogen) atoms. The molecule has 0 saturated carbocycles. The van der Waals surface area contributed by atoms with Crippen LogP contribution in [0.25, 0.3) is 11.1 Å². The third kappa shape index (κ3) is 3.18. The van der Waals surface area contributed by atoms with Crippen molar-refractivity contribution in [3.63, 3.8) is 0 Å². The number of hydrogen-bond acceptors (Lipinski definition) is 4. The van der Waals surface area contributed by atoms with E-state index in [0.717, 1.165) is 22.3 Å². The average molecular weight is 348 g/mol. The first-order valence-corrected chi connectivity index (χ1v) is 8.52. The van der Waals surface area contributed by atoms with Gasteiger partial charge < -0.3 is 10.1 Å². The summed E-state index contributed by atoms with van der Waals surface area (Å²) in [5.41, 5.74) is 3.90. The molecule has 132 valence electrons. The van der Waals surface area contributed by atoms with Crippen molar-refractivity contribution >= 4 is 11.9 Å². The normalized spacial score (nSPS) is 14.5. The molecule has 1 aliphatic rings. The fraction of sp³-hybridized carbons (Fsp3) is 0.286. The number of nitriles is 1. The molecule has 0 radical (unpaired) electrons. The van der Waals surface area contributed by atoms with Crippen LogP contribution in [0.4, 0.5) is 0 Å². The summed E-state index contributed by atoms with van der Waals surface area (Å²) >= 11 is 0. The van der Waals surface area contributed by atoms with Crippen LogP contribution in [0.1, 0.15) is 30.4 Å². The van der Waals surface area contributed by atoms with Gasteiger partial charge in [-0.3, -0.25) is 4.79 Å². The van der Waals surface area contributed by atoms with Crippen LogP contribution in [-0.4, -0.2) is 25.0 Å². The third-order valence-corrected chi connectivity index (χ3v) is 4.71. The van der Waals surface area contributed by atoms with Crippen LogP contribution in [0.2, 0.25) is 0 Å². The second-order valence-electron chi connectivity index (χ2n) is 6.46. The Balaban J connectivity index is 1.92. The van der Waals surface area contributed by atoms with E-state index >= 15 is 0 Å². The molecular weight excluding hydrogens is 328 g/mol. The summed E-state index contributed by atoms with van der Waals surface area (Å²) in [5.74, 6) is -1.66. The Morgan fingerprint density at radius 3 is 2.15 bits per heavy atom. The van der Waals surface area contributed by atoms with Crippen LogP contribution in [0.5, 0.6) is 0 Å². The summed E-state index contributed by atoms with van der Waals surface area (Å²) < 4.78 is 4.80. The molecule has 0 fully saturated rings.